The van der Waals surface area contributed by atoms with Gasteiger partial charge in [-0.1, -0.05) is 18.5 Å². The van der Waals surface area contributed by atoms with E-state index in [1.165, 1.54) is 4.31 Å². The van der Waals surface area contributed by atoms with E-state index in [2.05, 4.69) is 17.1 Å². The summed E-state index contributed by atoms with van der Waals surface area (Å²) in [6.45, 7) is 7.24. The first-order valence-corrected chi connectivity index (χ1v) is 11.0. The summed E-state index contributed by atoms with van der Waals surface area (Å²) in [4.78, 5) is 14.9. The quantitative estimate of drug-likeness (QED) is 0.804. The zero-order valence-corrected chi connectivity index (χ0v) is 17.6. The van der Waals surface area contributed by atoms with Crippen molar-refractivity contribution in [1.82, 2.24) is 9.21 Å². The zero-order chi connectivity index (χ0) is 20.3. The summed E-state index contributed by atoms with van der Waals surface area (Å²) < 4.78 is 27.4. The topological polar surface area (TPSA) is 69.7 Å². The van der Waals surface area contributed by atoms with Gasteiger partial charge >= 0.3 is 0 Å². The van der Waals surface area contributed by atoms with Crippen molar-refractivity contribution >= 4 is 33.2 Å². The highest BCUT2D eigenvalue weighted by Gasteiger charge is 2.28. The monoisotopic (exact) mass is 421 g/mol. The molecule has 2 aromatic rings. The molecule has 1 fully saturated rings. The van der Waals surface area contributed by atoms with Crippen molar-refractivity contribution in [3.63, 3.8) is 0 Å². The predicted octanol–water partition coefficient (Wildman–Crippen LogP) is 3.23. The van der Waals surface area contributed by atoms with Gasteiger partial charge in [0, 0.05) is 42.5 Å². The molecule has 1 heterocycles. The van der Waals surface area contributed by atoms with E-state index in [4.69, 9.17) is 11.6 Å². The van der Waals surface area contributed by atoms with Crippen molar-refractivity contribution in [2.24, 2.45) is 0 Å². The average Bonchev–Trinajstić information content (AvgIpc) is 2.70. The molecule has 28 heavy (non-hydrogen) atoms. The Kier molecular flexibility index (Phi) is 6.40. The second kappa shape index (κ2) is 8.61. The fraction of sp³-hybridized carbons (Fsp3) is 0.350. The molecule has 0 aliphatic carbocycles. The fourth-order valence-electron chi connectivity index (χ4n) is 3.17. The molecular weight excluding hydrogens is 398 g/mol. The number of likely N-dealkylation sites (N-methyl/N-ethyl adjacent to an activating group) is 1. The van der Waals surface area contributed by atoms with Crippen molar-refractivity contribution < 1.29 is 13.2 Å². The van der Waals surface area contributed by atoms with Gasteiger partial charge in [0.15, 0.2) is 0 Å². The SMILES string of the molecule is CCN1CCN(S(=O)(=O)c2ccc(NC(=O)c3ccc(Cl)cc3)c(C)c2)CC1. The zero-order valence-electron chi connectivity index (χ0n) is 16.0. The van der Waals surface area contributed by atoms with E-state index in [9.17, 15) is 13.2 Å². The number of rotatable bonds is 5. The molecule has 6 nitrogen and oxygen atoms in total. The molecule has 150 valence electrons. The number of nitrogens with zero attached hydrogens (tertiary/aromatic N) is 2. The van der Waals surface area contributed by atoms with E-state index in [1.54, 1.807) is 49.4 Å². The van der Waals surface area contributed by atoms with E-state index >= 15 is 0 Å². The van der Waals surface area contributed by atoms with E-state index in [0.29, 0.717) is 34.9 Å². The summed E-state index contributed by atoms with van der Waals surface area (Å²) in [6, 6.07) is 11.4. The number of benzene rings is 2. The van der Waals surface area contributed by atoms with Crippen LogP contribution < -0.4 is 5.32 Å². The number of anilines is 1. The summed E-state index contributed by atoms with van der Waals surface area (Å²) in [6.07, 6.45) is 0. The molecule has 0 atom stereocenters. The normalized spacial score (nSPS) is 16.1. The Morgan fingerprint density at radius 2 is 1.71 bits per heavy atom. The first kappa shape index (κ1) is 20.8. The molecule has 0 unspecified atom stereocenters. The van der Waals surface area contributed by atoms with Gasteiger partial charge in [0.25, 0.3) is 5.91 Å². The second-order valence-corrected chi connectivity index (χ2v) is 9.15. The molecule has 1 saturated heterocycles. The number of hydrogen-bond acceptors (Lipinski definition) is 4. The van der Waals surface area contributed by atoms with Crippen molar-refractivity contribution in [2.75, 3.05) is 38.0 Å². The summed E-state index contributed by atoms with van der Waals surface area (Å²) in [5.41, 5.74) is 1.75. The molecule has 1 amide bonds. The maximum Gasteiger partial charge on any atom is 0.255 e. The minimum Gasteiger partial charge on any atom is -0.322 e. The van der Waals surface area contributed by atoms with Crippen LogP contribution in [0, 0.1) is 6.92 Å². The average molecular weight is 422 g/mol. The molecule has 8 heteroatoms. The predicted molar refractivity (Wildman–Crippen MR) is 111 cm³/mol. The summed E-state index contributed by atoms with van der Waals surface area (Å²) >= 11 is 5.85. The molecule has 1 aliphatic heterocycles. The number of sulfonamides is 1. The Morgan fingerprint density at radius 1 is 1.07 bits per heavy atom. The van der Waals surface area contributed by atoms with Crippen LogP contribution in [0.1, 0.15) is 22.8 Å². The third-order valence-corrected chi connectivity index (χ3v) is 7.12. The van der Waals surface area contributed by atoms with Crippen LogP contribution in [0.3, 0.4) is 0 Å². The van der Waals surface area contributed by atoms with Gasteiger partial charge in [-0.3, -0.25) is 4.79 Å². The van der Waals surface area contributed by atoms with Gasteiger partial charge < -0.3 is 10.2 Å². The van der Waals surface area contributed by atoms with Gasteiger partial charge in [-0.15, -0.1) is 0 Å². The van der Waals surface area contributed by atoms with Crippen molar-refractivity contribution in [1.29, 1.82) is 0 Å². The summed E-state index contributed by atoms with van der Waals surface area (Å²) in [5.74, 6) is -0.272. The first-order chi connectivity index (χ1) is 13.3. The standard InChI is InChI=1S/C20H24ClN3O3S/c1-3-23-10-12-24(13-11-23)28(26,27)18-8-9-19(15(2)14-18)22-20(25)16-4-6-17(21)7-5-16/h4-9,14H,3,10-13H2,1-2H3,(H,22,25). The van der Waals surface area contributed by atoms with Crippen LogP contribution in [0.15, 0.2) is 47.4 Å². The van der Waals surface area contributed by atoms with Gasteiger partial charge in [0.05, 0.1) is 4.90 Å². The molecule has 0 aromatic heterocycles. The van der Waals surface area contributed by atoms with Gasteiger partial charge in [-0.25, -0.2) is 8.42 Å². The first-order valence-electron chi connectivity index (χ1n) is 9.21. The van der Waals surface area contributed by atoms with Crippen molar-refractivity contribution in [3.8, 4) is 0 Å². The molecule has 0 saturated carbocycles. The minimum absolute atomic E-state index is 0.249. The Hall–Kier alpha value is -1.93. The number of amides is 1. The number of nitrogens with one attached hydrogen (secondary N) is 1. The highest BCUT2D eigenvalue weighted by molar-refractivity contribution is 7.89. The van der Waals surface area contributed by atoms with Gasteiger partial charge in [-0.05, 0) is 61.5 Å². The lowest BCUT2D eigenvalue weighted by Gasteiger charge is -2.33. The van der Waals surface area contributed by atoms with Crippen LogP contribution in [0.2, 0.25) is 5.02 Å². The van der Waals surface area contributed by atoms with Crippen LogP contribution in [-0.2, 0) is 10.0 Å². The number of hydrogen-bond donors (Lipinski definition) is 1. The van der Waals surface area contributed by atoms with E-state index in [1.807, 2.05) is 0 Å². The number of aryl methyl sites for hydroxylation is 1. The Balaban J connectivity index is 1.74. The highest BCUT2D eigenvalue weighted by atomic mass is 35.5. The van der Waals surface area contributed by atoms with E-state index < -0.39 is 10.0 Å². The lowest BCUT2D eigenvalue weighted by Crippen LogP contribution is -2.48. The van der Waals surface area contributed by atoms with Gasteiger partial charge in [0.2, 0.25) is 10.0 Å². The summed E-state index contributed by atoms with van der Waals surface area (Å²) in [5, 5.41) is 3.38. The van der Waals surface area contributed by atoms with Crippen LogP contribution in [-0.4, -0.2) is 56.3 Å². The Bertz CT molecular complexity index is 953. The number of carbonyl (C=O) groups excluding carboxylic acids is 1. The van der Waals surface area contributed by atoms with Crippen LogP contribution >= 0.6 is 11.6 Å². The molecule has 3 rings (SSSR count). The third kappa shape index (κ3) is 4.55. The van der Waals surface area contributed by atoms with Crippen LogP contribution in [0.25, 0.3) is 0 Å². The smallest absolute Gasteiger partial charge is 0.255 e. The van der Waals surface area contributed by atoms with Gasteiger partial charge in [0.1, 0.15) is 0 Å². The molecule has 1 N–H and O–H groups in total. The fourth-order valence-corrected chi connectivity index (χ4v) is 4.80. The van der Waals surface area contributed by atoms with Crippen molar-refractivity contribution in [2.45, 2.75) is 18.7 Å². The molecule has 0 radical (unpaired) electrons. The van der Waals surface area contributed by atoms with E-state index in [-0.39, 0.29) is 10.8 Å². The Labute approximate surface area is 171 Å². The second-order valence-electron chi connectivity index (χ2n) is 6.78. The highest BCUT2D eigenvalue weighted by Crippen LogP contribution is 2.24. The number of carbonyl (C=O) groups is 1. The lowest BCUT2D eigenvalue weighted by molar-refractivity contribution is 0.102. The molecular formula is C20H24ClN3O3S. The summed E-state index contributed by atoms with van der Waals surface area (Å²) in [7, 11) is -3.54. The number of piperazine rings is 1. The molecule has 0 bridgehead atoms. The Morgan fingerprint density at radius 3 is 2.29 bits per heavy atom. The largest absolute Gasteiger partial charge is 0.322 e. The van der Waals surface area contributed by atoms with E-state index in [0.717, 1.165) is 19.6 Å². The maximum absolute atomic E-state index is 12.9. The van der Waals surface area contributed by atoms with Gasteiger partial charge in [-0.2, -0.15) is 4.31 Å². The van der Waals surface area contributed by atoms with Crippen LogP contribution in [0.5, 0.6) is 0 Å². The van der Waals surface area contributed by atoms with Crippen molar-refractivity contribution in [3.05, 3.63) is 58.6 Å². The third-order valence-electron chi connectivity index (χ3n) is 4.97. The molecule has 2 aromatic carbocycles. The minimum atomic E-state index is -3.54. The van der Waals surface area contributed by atoms with Crippen LogP contribution in [0.4, 0.5) is 5.69 Å². The lowest BCUT2D eigenvalue weighted by atomic mass is 10.1. The molecule has 1 aliphatic rings. The maximum atomic E-state index is 12.9. The molecule has 0 spiro atoms. The number of halogens is 1.